The first-order valence-electron chi connectivity index (χ1n) is 4.62. The minimum Gasteiger partial charge on any atom is -0.388 e. The second kappa shape index (κ2) is 3.96. The molecule has 1 aromatic carbocycles. The number of hydrogen-bond acceptors (Lipinski definition) is 3. The summed E-state index contributed by atoms with van der Waals surface area (Å²) in [6, 6.07) is 7.89. The lowest BCUT2D eigenvalue weighted by Crippen LogP contribution is -2.07. The molecule has 0 aliphatic carbocycles. The number of nitrogens with one attached hydrogen (secondary N) is 2. The topological polar surface area (TPSA) is 57.8 Å². The average molecular weight is 201 g/mol. The lowest BCUT2D eigenvalue weighted by molar-refractivity contribution is 1.08. The van der Waals surface area contributed by atoms with Crippen LogP contribution in [0.15, 0.2) is 41.5 Å². The normalized spacial score (nSPS) is 9.93. The molecule has 1 aromatic heterocycles. The maximum absolute atomic E-state index is 10.8. The molecule has 0 saturated carbocycles. The number of hydrogen-bond donors (Lipinski definition) is 2. The van der Waals surface area contributed by atoms with Crippen molar-refractivity contribution >= 4 is 5.69 Å². The van der Waals surface area contributed by atoms with Gasteiger partial charge >= 0.3 is 5.69 Å². The van der Waals surface area contributed by atoms with Crippen molar-refractivity contribution < 1.29 is 0 Å². The van der Waals surface area contributed by atoms with Gasteiger partial charge in [0.15, 0.2) is 0 Å². The minimum absolute atomic E-state index is 0.328. The second-order valence-electron chi connectivity index (χ2n) is 3.13. The molecule has 4 heteroatoms. The maximum Gasteiger partial charge on any atom is 0.344 e. The highest BCUT2D eigenvalue weighted by Gasteiger charge is 1.97. The van der Waals surface area contributed by atoms with E-state index in [0.29, 0.717) is 0 Å². The summed E-state index contributed by atoms with van der Waals surface area (Å²) in [6.45, 7) is 0. The predicted octanol–water partition coefficient (Wildman–Crippen LogP) is 1.48. The Morgan fingerprint density at radius 3 is 2.47 bits per heavy atom. The minimum atomic E-state index is -0.328. The summed E-state index contributed by atoms with van der Waals surface area (Å²) in [6.07, 6.45) is 3.22. The molecule has 0 saturated heterocycles. The van der Waals surface area contributed by atoms with Gasteiger partial charge in [0.05, 0.1) is 0 Å². The Morgan fingerprint density at radius 1 is 1.20 bits per heavy atom. The monoisotopic (exact) mass is 201 g/mol. The lowest BCUT2D eigenvalue weighted by atomic mass is 10.1. The summed E-state index contributed by atoms with van der Waals surface area (Å²) in [5.74, 6) is 0. The third-order valence-electron chi connectivity index (χ3n) is 2.18. The van der Waals surface area contributed by atoms with Crippen molar-refractivity contribution in [2.24, 2.45) is 0 Å². The van der Waals surface area contributed by atoms with E-state index in [-0.39, 0.29) is 5.69 Å². The van der Waals surface area contributed by atoms with E-state index in [1.165, 1.54) is 0 Å². The zero-order chi connectivity index (χ0) is 10.7. The highest BCUT2D eigenvalue weighted by atomic mass is 16.1. The Bertz CT molecular complexity index is 481. The van der Waals surface area contributed by atoms with Gasteiger partial charge in [-0.25, -0.2) is 9.78 Å². The van der Waals surface area contributed by atoms with Gasteiger partial charge in [0.1, 0.15) is 0 Å². The van der Waals surface area contributed by atoms with Crippen LogP contribution in [0, 0.1) is 0 Å². The number of anilines is 1. The fraction of sp³-hybridized carbons (Fsp3) is 0.0909. The van der Waals surface area contributed by atoms with Gasteiger partial charge < -0.3 is 10.3 Å². The number of rotatable bonds is 2. The van der Waals surface area contributed by atoms with E-state index in [9.17, 15) is 4.79 Å². The van der Waals surface area contributed by atoms with Crippen LogP contribution in [0.4, 0.5) is 5.69 Å². The summed E-state index contributed by atoms with van der Waals surface area (Å²) in [7, 11) is 1.87. The zero-order valence-electron chi connectivity index (χ0n) is 8.32. The van der Waals surface area contributed by atoms with Crippen LogP contribution in [0.25, 0.3) is 11.1 Å². The predicted molar refractivity (Wildman–Crippen MR) is 59.8 cm³/mol. The van der Waals surface area contributed by atoms with Gasteiger partial charge in [-0.1, -0.05) is 12.1 Å². The van der Waals surface area contributed by atoms with Crippen molar-refractivity contribution in [3.8, 4) is 11.1 Å². The van der Waals surface area contributed by atoms with Gasteiger partial charge in [-0.2, -0.15) is 0 Å². The molecule has 0 aliphatic heterocycles. The Hall–Kier alpha value is -2.10. The number of aromatic nitrogens is 2. The van der Waals surface area contributed by atoms with Gasteiger partial charge in [-0.15, -0.1) is 0 Å². The number of aromatic amines is 1. The molecule has 0 aliphatic rings. The number of H-pyrrole nitrogens is 1. The van der Waals surface area contributed by atoms with E-state index in [2.05, 4.69) is 15.3 Å². The van der Waals surface area contributed by atoms with Crippen molar-refractivity contribution in [1.82, 2.24) is 9.97 Å². The quantitative estimate of drug-likeness (QED) is 0.773. The van der Waals surface area contributed by atoms with Gasteiger partial charge in [0.25, 0.3) is 0 Å². The van der Waals surface area contributed by atoms with Crippen LogP contribution in [-0.4, -0.2) is 17.0 Å². The van der Waals surface area contributed by atoms with E-state index in [1.54, 1.807) is 12.4 Å². The summed E-state index contributed by atoms with van der Waals surface area (Å²) in [5.41, 5.74) is 2.65. The summed E-state index contributed by atoms with van der Waals surface area (Å²) >= 11 is 0. The van der Waals surface area contributed by atoms with Gasteiger partial charge in [0.2, 0.25) is 0 Å². The van der Waals surface area contributed by atoms with Crippen molar-refractivity contribution in [1.29, 1.82) is 0 Å². The fourth-order valence-corrected chi connectivity index (χ4v) is 1.33. The maximum atomic E-state index is 10.8. The third-order valence-corrected chi connectivity index (χ3v) is 2.18. The van der Waals surface area contributed by atoms with Crippen LogP contribution in [-0.2, 0) is 0 Å². The average Bonchev–Trinajstić information content (AvgIpc) is 2.30. The lowest BCUT2D eigenvalue weighted by Gasteiger charge is -2.02. The van der Waals surface area contributed by atoms with E-state index in [4.69, 9.17) is 0 Å². The first-order chi connectivity index (χ1) is 7.29. The Balaban J connectivity index is 2.37. The van der Waals surface area contributed by atoms with E-state index in [0.717, 1.165) is 16.8 Å². The molecular weight excluding hydrogens is 190 g/mol. The first kappa shape index (κ1) is 9.45. The summed E-state index contributed by atoms with van der Waals surface area (Å²) < 4.78 is 0. The van der Waals surface area contributed by atoms with Gasteiger partial charge in [0, 0.05) is 30.7 Å². The third kappa shape index (κ3) is 2.04. The van der Waals surface area contributed by atoms with Crippen LogP contribution in [0.1, 0.15) is 0 Å². The molecule has 0 unspecified atom stereocenters. The van der Waals surface area contributed by atoms with Crippen LogP contribution < -0.4 is 11.0 Å². The fourth-order valence-electron chi connectivity index (χ4n) is 1.33. The first-order valence-corrected chi connectivity index (χ1v) is 4.62. The van der Waals surface area contributed by atoms with Crippen LogP contribution in [0.2, 0.25) is 0 Å². The molecule has 0 atom stereocenters. The highest BCUT2D eigenvalue weighted by molar-refractivity contribution is 5.64. The molecule has 2 N–H and O–H groups in total. The molecule has 1 heterocycles. The van der Waals surface area contributed by atoms with Crippen LogP contribution >= 0.6 is 0 Å². The Kier molecular flexibility index (Phi) is 2.49. The molecule has 0 bridgehead atoms. The SMILES string of the molecule is CNc1ccc(-c2cnc(=O)[nH]c2)cc1. The summed E-state index contributed by atoms with van der Waals surface area (Å²) in [4.78, 5) is 17.0. The van der Waals surface area contributed by atoms with E-state index >= 15 is 0 Å². The Morgan fingerprint density at radius 2 is 1.93 bits per heavy atom. The smallest absolute Gasteiger partial charge is 0.344 e. The molecule has 76 valence electrons. The molecule has 4 nitrogen and oxygen atoms in total. The number of benzene rings is 1. The molecule has 0 fully saturated rings. The molecule has 0 amide bonds. The van der Waals surface area contributed by atoms with Crippen molar-refractivity contribution in [3.05, 3.63) is 47.1 Å². The second-order valence-corrected chi connectivity index (χ2v) is 3.13. The van der Waals surface area contributed by atoms with Crippen molar-refractivity contribution in [3.63, 3.8) is 0 Å². The highest BCUT2D eigenvalue weighted by Crippen LogP contribution is 2.18. The van der Waals surface area contributed by atoms with Crippen molar-refractivity contribution in [2.75, 3.05) is 12.4 Å². The standard InChI is InChI=1S/C11H11N3O/c1-12-10-4-2-8(3-5-10)9-6-13-11(15)14-7-9/h2-7,12H,1H3,(H,13,14,15). The van der Waals surface area contributed by atoms with Crippen molar-refractivity contribution in [2.45, 2.75) is 0 Å². The molecule has 2 aromatic rings. The van der Waals surface area contributed by atoms with Crippen LogP contribution in [0.3, 0.4) is 0 Å². The zero-order valence-corrected chi connectivity index (χ0v) is 8.32. The molecular formula is C11H11N3O. The molecule has 0 radical (unpaired) electrons. The van der Waals surface area contributed by atoms with E-state index in [1.807, 2.05) is 31.3 Å². The largest absolute Gasteiger partial charge is 0.388 e. The Labute approximate surface area is 87.0 Å². The van der Waals surface area contributed by atoms with Gasteiger partial charge in [-0.3, -0.25) is 0 Å². The number of nitrogens with zero attached hydrogens (tertiary/aromatic N) is 1. The molecule has 2 rings (SSSR count). The molecule has 0 spiro atoms. The van der Waals surface area contributed by atoms with E-state index < -0.39 is 0 Å². The van der Waals surface area contributed by atoms with Gasteiger partial charge in [-0.05, 0) is 17.7 Å². The summed E-state index contributed by atoms with van der Waals surface area (Å²) in [5, 5.41) is 3.04. The molecule has 15 heavy (non-hydrogen) atoms. The van der Waals surface area contributed by atoms with Crippen LogP contribution in [0.5, 0.6) is 0 Å².